The van der Waals surface area contributed by atoms with Crippen molar-refractivity contribution in [3.05, 3.63) is 24.3 Å². The summed E-state index contributed by atoms with van der Waals surface area (Å²) in [6.07, 6.45) is 0. The summed E-state index contributed by atoms with van der Waals surface area (Å²) in [4.78, 5) is 27.2. The van der Waals surface area contributed by atoms with Gasteiger partial charge in [-0.2, -0.15) is 0 Å². The summed E-state index contributed by atoms with van der Waals surface area (Å²) in [5.74, 6) is 1.16. The van der Waals surface area contributed by atoms with Crippen LogP contribution in [0.25, 0.3) is 0 Å². The fraction of sp³-hybridized carbons (Fsp3) is 0.444. The number of primary amides is 1. The van der Waals surface area contributed by atoms with E-state index in [1.807, 2.05) is 19.1 Å². The normalized spacial score (nSPS) is 14.0. The Hall–Kier alpha value is -2.53. The maximum Gasteiger partial charge on any atom is 0.260 e. The smallest absolute Gasteiger partial charge is 0.260 e. The van der Waals surface area contributed by atoms with E-state index in [9.17, 15) is 9.59 Å². The first-order valence-corrected chi connectivity index (χ1v) is 11.0. The van der Waals surface area contributed by atoms with E-state index in [4.69, 9.17) is 15.2 Å². The highest BCUT2D eigenvalue weighted by atomic mass is 32.2. The van der Waals surface area contributed by atoms with Crippen LogP contribution >= 0.6 is 23.1 Å². The summed E-state index contributed by atoms with van der Waals surface area (Å²) in [5, 5.41) is 9.02. The molecule has 1 aromatic carbocycles. The largest absolute Gasteiger partial charge is 0.494 e. The van der Waals surface area contributed by atoms with E-state index in [2.05, 4.69) is 15.1 Å². The quantitative estimate of drug-likeness (QED) is 0.584. The van der Waals surface area contributed by atoms with Gasteiger partial charge in [-0.15, -0.1) is 10.2 Å². The number of benzene rings is 1. The van der Waals surface area contributed by atoms with Crippen molar-refractivity contribution in [1.82, 2.24) is 15.1 Å². The summed E-state index contributed by atoms with van der Waals surface area (Å²) in [5.41, 5.74) is 5.15. The molecule has 0 unspecified atom stereocenters. The Morgan fingerprint density at radius 2 is 1.76 bits per heavy atom. The molecule has 0 atom stereocenters. The van der Waals surface area contributed by atoms with Crippen LogP contribution in [0.3, 0.4) is 0 Å². The molecule has 2 amide bonds. The van der Waals surface area contributed by atoms with Gasteiger partial charge in [0.15, 0.2) is 10.9 Å². The first-order chi connectivity index (χ1) is 14.0. The molecule has 29 heavy (non-hydrogen) atoms. The minimum atomic E-state index is -0.383. The number of carbonyl (C=O) groups is 2. The van der Waals surface area contributed by atoms with E-state index in [-0.39, 0.29) is 24.2 Å². The standard InChI is InChI=1S/C18H23N5O4S2/c1-2-26-13-3-5-14(6-4-13)27-11-16(25)22-7-9-23(10-8-22)17-20-21-18(29-17)28-12-15(19)24/h3-6H,2,7-12H2,1H3,(H2,19,24). The zero-order chi connectivity index (χ0) is 20.6. The van der Waals surface area contributed by atoms with E-state index in [0.29, 0.717) is 42.9 Å². The van der Waals surface area contributed by atoms with Gasteiger partial charge in [0.2, 0.25) is 11.0 Å². The molecule has 2 heterocycles. The minimum absolute atomic E-state index is 0.000689. The van der Waals surface area contributed by atoms with Crippen molar-refractivity contribution in [2.75, 3.05) is 50.0 Å². The molecule has 1 aromatic heterocycles. The van der Waals surface area contributed by atoms with Crippen LogP contribution in [-0.4, -0.2) is 72.1 Å². The van der Waals surface area contributed by atoms with Gasteiger partial charge in [-0.3, -0.25) is 9.59 Å². The van der Waals surface area contributed by atoms with Crippen LogP contribution in [0.5, 0.6) is 11.5 Å². The van der Waals surface area contributed by atoms with Crippen LogP contribution in [0.4, 0.5) is 5.13 Å². The summed E-state index contributed by atoms with van der Waals surface area (Å²) in [6.45, 7) is 5.06. The van der Waals surface area contributed by atoms with Gasteiger partial charge in [0.25, 0.3) is 5.91 Å². The number of aromatic nitrogens is 2. The summed E-state index contributed by atoms with van der Waals surface area (Å²) < 4.78 is 11.7. The average Bonchev–Trinajstić information content (AvgIpc) is 3.21. The van der Waals surface area contributed by atoms with Crippen LogP contribution < -0.4 is 20.1 Å². The molecule has 2 N–H and O–H groups in total. The van der Waals surface area contributed by atoms with E-state index in [0.717, 1.165) is 10.9 Å². The molecule has 3 rings (SSSR count). The Morgan fingerprint density at radius 1 is 1.10 bits per heavy atom. The van der Waals surface area contributed by atoms with Gasteiger partial charge >= 0.3 is 0 Å². The van der Waals surface area contributed by atoms with E-state index in [1.54, 1.807) is 17.0 Å². The number of rotatable bonds is 9. The third-order valence-corrected chi connectivity index (χ3v) is 6.27. The summed E-state index contributed by atoms with van der Waals surface area (Å²) in [7, 11) is 0. The molecule has 0 bridgehead atoms. The Kier molecular flexibility index (Phi) is 7.53. The molecule has 1 aliphatic heterocycles. The van der Waals surface area contributed by atoms with Crippen LogP contribution in [-0.2, 0) is 9.59 Å². The van der Waals surface area contributed by atoms with Crippen molar-refractivity contribution >= 4 is 40.0 Å². The number of carbonyl (C=O) groups excluding carboxylic acids is 2. The van der Waals surface area contributed by atoms with Crippen molar-refractivity contribution in [3.63, 3.8) is 0 Å². The Labute approximate surface area is 177 Å². The van der Waals surface area contributed by atoms with E-state index >= 15 is 0 Å². The monoisotopic (exact) mass is 437 g/mol. The second-order valence-corrected chi connectivity index (χ2v) is 8.34. The maximum absolute atomic E-state index is 12.4. The summed E-state index contributed by atoms with van der Waals surface area (Å²) >= 11 is 2.71. The van der Waals surface area contributed by atoms with Crippen LogP contribution in [0.15, 0.2) is 28.6 Å². The number of hydrogen-bond acceptors (Lipinski definition) is 9. The third-order valence-electron chi connectivity index (χ3n) is 4.13. The zero-order valence-electron chi connectivity index (χ0n) is 16.1. The SMILES string of the molecule is CCOc1ccc(OCC(=O)N2CCN(c3nnc(SCC(N)=O)s3)CC2)cc1. The van der Waals surface area contributed by atoms with E-state index in [1.165, 1.54) is 23.1 Å². The molecule has 0 saturated carbocycles. The second-order valence-electron chi connectivity index (χ2n) is 6.17. The number of piperazine rings is 1. The molecule has 156 valence electrons. The number of nitrogens with zero attached hydrogens (tertiary/aromatic N) is 4. The van der Waals surface area contributed by atoms with E-state index < -0.39 is 0 Å². The van der Waals surface area contributed by atoms with Gasteiger partial charge < -0.3 is 25.0 Å². The predicted octanol–water partition coefficient (Wildman–Crippen LogP) is 1.24. The number of nitrogens with two attached hydrogens (primary N) is 1. The number of amides is 2. The molecule has 1 fully saturated rings. The maximum atomic E-state index is 12.4. The Morgan fingerprint density at radius 3 is 2.38 bits per heavy atom. The number of anilines is 1. The topological polar surface area (TPSA) is 111 Å². The highest BCUT2D eigenvalue weighted by Crippen LogP contribution is 2.28. The lowest BCUT2D eigenvalue weighted by atomic mass is 10.3. The van der Waals surface area contributed by atoms with Crippen molar-refractivity contribution < 1.29 is 19.1 Å². The zero-order valence-corrected chi connectivity index (χ0v) is 17.7. The first kappa shape index (κ1) is 21.2. The fourth-order valence-electron chi connectivity index (χ4n) is 2.70. The highest BCUT2D eigenvalue weighted by Gasteiger charge is 2.23. The van der Waals surface area contributed by atoms with Gasteiger partial charge in [0.1, 0.15) is 11.5 Å². The summed E-state index contributed by atoms with van der Waals surface area (Å²) in [6, 6.07) is 7.22. The number of hydrogen-bond donors (Lipinski definition) is 1. The third kappa shape index (κ3) is 6.23. The molecular weight excluding hydrogens is 414 g/mol. The highest BCUT2D eigenvalue weighted by molar-refractivity contribution is 8.01. The van der Waals surface area contributed by atoms with Gasteiger partial charge in [0.05, 0.1) is 12.4 Å². The fourth-order valence-corrected chi connectivity index (χ4v) is 4.34. The van der Waals surface area contributed by atoms with Crippen molar-refractivity contribution in [3.8, 4) is 11.5 Å². The molecule has 0 spiro atoms. The van der Waals surface area contributed by atoms with Gasteiger partial charge in [-0.1, -0.05) is 23.1 Å². The van der Waals surface area contributed by atoms with Crippen molar-refractivity contribution in [2.24, 2.45) is 5.73 Å². The molecule has 0 radical (unpaired) electrons. The number of ether oxygens (including phenoxy) is 2. The van der Waals surface area contributed by atoms with Gasteiger partial charge in [-0.05, 0) is 31.2 Å². The lowest BCUT2D eigenvalue weighted by Crippen LogP contribution is -2.50. The van der Waals surface area contributed by atoms with Crippen LogP contribution in [0, 0.1) is 0 Å². The minimum Gasteiger partial charge on any atom is -0.494 e. The molecule has 0 aliphatic carbocycles. The molecule has 11 heteroatoms. The lowest BCUT2D eigenvalue weighted by molar-refractivity contribution is -0.133. The predicted molar refractivity (Wildman–Crippen MR) is 112 cm³/mol. The molecule has 2 aromatic rings. The molecule has 1 saturated heterocycles. The second kappa shape index (κ2) is 10.3. The lowest BCUT2D eigenvalue weighted by Gasteiger charge is -2.34. The van der Waals surface area contributed by atoms with Crippen LogP contribution in [0.2, 0.25) is 0 Å². The van der Waals surface area contributed by atoms with Gasteiger partial charge in [-0.25, -0.2) is 0 Å². The Bertz CT molecular complexity index is 822. The van der Waals surface area contributed by atoms with Crippen LogP contribution in [0.1, 0.15) is 6.92 Å². The first-order valence-electron chi connectivity index (χ1n) is 9.18. The average molecular weight is 438 g/mol. The number of thioether (sulfide) groups is 1. The van der Waals surface area contributed by atoms with Crippen molar-refractivity contribution in [2.45, 2.75) is 11.3 Å². The Balaban J connectivity index is 1.42. The molecular formula is C18H23N5O4S2. The molecule has 1 aliphatic rings. The molecule has 9 nitrogen and oxygen atoms in total. The van der Waals surface area contributed by atoms with Crippen molar-refractivity contribution in [1.29, 1.82) is 0 Å². The van der Waals surface area contributed by atoms with Gasteiger partial charge in [0, 0.05) is 26.2 Å².